The third-order valence-corrected chi connectivity index (χ3v) is 3.66. The van der Waals surface area contributed by atoms with Crippen molar-refractivity contribution in [3.8, 4) is 6.07 Å². The number of nitriles is 1. The highest BCUT2D eigenvalue weighted by atomic mass is 16.6. The number of hydrogen-bond acceptors (Lipinski definition) is 4. The van der Waals surface area contributed by atoms with Crippen LogP contribution in [0.1, 0.15) is 15.9 Å². The minimum absolute atomic E-state index is 0.289. The zero-order valence-electron chi connectivity index (χ0n) is 11.8. The number of ether oxygens (including phenoxy) is 1. The number of fused-ring (bicyclic) bond motifs is 1. The molecule has 0 saturated heterocycles. The van der Waals surface area contributed by atoms with Crippen LogP contribution >= 0.6 is 0 Å². The summed E-state index contributed by atoms with van der Waals surface area (Å²) in [5.41, 5.74) is -0.695. The van der Waals surface area contributed by atoms with Crippen molar-refractivity contribution in [1.82, 2.24) is 0 Å². The van der Waals surface area contributed by atoms with Crippen LogP contribution in [0.5, 0.6) is 0 Å². The first kappa shape index (κ1) is 13.8. The van der Waals surface area contributed by atoms with Gasteiger partial charge in [0.05, 0.1) is 11.3 Å². The Morgan fingerprint density at radius 3 is 2.45 bits per heavy atom. The van der Waals surface area contributed by atoms with Crippen LogP contribution in [-0.2, 0) is 15.1 Å². The summed E-state index contributed by atoms with van der Waals surface area (Å²) in [5.74, 6) is -1.28. The minimum Gasteiger partial charge on any atom is -0.426 e. The van der Waals surface area contributed by atoms with Gasteiger partial charge < -0.3 is 9.64 Å². The average molecular weight is 292 g/mol. The first-order valence-corrected chi connectivity index (χ1v) is 6.67. The summed E-state index contributed by atoms with van der Waals surface area (Å²) in [5, 5.41) is 9.57. The van der Waals surface area contributed by atoms with Gasteiger partial charge in [-0.1, -0.05) is 36.4 Å². The van der Waals surface area contributed by atoms with E-state index in [-0.39, 0.29) is 5.56 Å². The molecule has 2 aromatic carbocycles. The van der Waals surface area contributed by atoms with Crippen molar-refractivity contribution in [3.05, 3.63) is 65.7 Å². The van der Waals surface area contributed by atoms with Crippen molar-refractivity contribution in [2.24, 2.45) is 0 Å². The number of likely N-dealkylation sites (N-methyl/N-ethyl adjacent to an activating group) is 1. The van der Waals surface area contributed by atoms with E-state index in [1.54, 1.807) is 61.6 Å². The monoisotopic (exact) mass is 292 g/mol. The van der Waals surface area contributed by atoms with E-state index in [9.17, 15) is 14.9 Å². The number of benzene rings is 2. The Bertz CT molecular complexity index is 795. The molecule has 1 heterocycles. The maximum atomic E-state index is 12.5. The van der Waals surface area contributed by atoms with Crippen molar-refractivity contribution in [1.29, 1.82) is 5.26 Å². The quantitative estimate of drug-likeness (QED) is 0.796. The Balaban J connectivity index is 2.05. The van der Waals surface area contributed by atoms with Gasteiger partial charge in [0, 0.05) is 12.6 Å². The van der Waals surface area contributed by atoms with Gasteiger partial charge in [0.2, 0.25) is 0 Å². The Morgan fingerprint density at radius 2 is 1.77 bits per heavy atom. The molecule has 5 heteroatoms. The lowest BCUT2D eigenvalue weighted by molar-refractivity contribution is -0.131. The van der Waals surface area contributed by atoms with Crippen molar-refractivity contribution in [2.75, 3.05) is 11.9 Å². The average Bonchev–Trinajstić information content (AvgIpc) is 2.78. The van der Waals surface area contributed by atoms with Gasteiger partial charge in [-0.2, -0.15) is 5.26 Å². The van der Waals surface area contributed by atoms with Gasteiger partial charge in [0.1, 0.15) is 6.07 Å². The van der Waals surface area contributed by atoms with Crippen molar-refractivity contribution < 1.29 is 14.3 Å². The highest BCUT2D eigenvalue weighted by molar-refractivity contribution is 6.10. The standard InChI is InChI=1S/C17H12N2O3/c1-19-14-10-6-5-9-13(14)17(11-18,16(19)21)22-15(20)12-7-3-2-4-8-12/h2-10H,1H3. The summed E-state index contributed by atoms with van der Waals surface area (Å²) in [4.78, 5) is 26.1. The number of esters is 1. The summed E-state index contributed by atoms with van der Waals surface area (Å²) in [6.07, 6.45) is 0. The molecule has 22 heavy (non-hydrogen) atoms. The van der Waals surface area contributed by atoms with Crippen LogP contribution in [0.15, 0.2) is 54.6 Å². The molecule has 0 spiro atoms. The second-order valence-corrected chi connectivity index (χ2v) is 4.93. The lowest BCUT2D eigenvalue weighted by Gasteiger charge is -2.20. The van der Waals surface area contributed by atoms with Crippen LogP contribution in [0.25, 0.3) is 0 Å². The van der Waals surface area contributed by atoms with Gasteiger partial charge in [0.15, 0.2) is 0 Å². The highest BCUT2D eigenvalue weighted by Crippen LogP contribution is 2.41. The smallest absolute Gasteiger partial charge is 0.340 e. The lowest BCUT2D eigenvalue weighted by atomic mass is 9.96. The Labute approximate surface area is 127 Å². The Kier molecular flexibility index (Phi) is 3.15. The first-order valence-electron chi connectivity index (χ1n) is 6.67. The molecule has 0 radical (unpaired) electrons. The fourth-order valence-electron chi connectivity index (χ4n) is 2.53. The van der Waals surface area contributed by atoms with Crippen molar-refractivity contribution >= 4 is 17.6 Å². The predicted octanol–water partition coefficient (Wildman–Crippen LogP) is 2.24. The molecule has 2 aromatic rings. The zero-order valence-corrected chi connectivity index (χ0v) is 11.8. The summed E-state index contributed by atoms with van der Waals surface area (Å²) in [6.45, 7) is 0. The van der Waals surface area contributed by atoms with E-state index in [1.165, 1.54) is 4.90 Å². The van der Waals surface area contributed by atoms with E-state index >= 15 is 0 Å². The molecule has 1 aliphatic heterocycles. The number of carbonyl (C=O) groups excluding carboxylic acids is 2. The molecule has 0 aliphatic carbocycles. The molecule has 0 fully saturated rings. The Hall–Kier alpha value is -3.13. The fourth-order valence-corrected chi connectivity index (χ4v) is 2.53. The van der Waals surface area contributed by atoms with Gasteiger partial charge in [0.25, 0.3) is 5.91 Å². The molecule has 1 amide bonds. The number of hydrogen-bond donors (Lipinski definition) is 0. The summed E-state index contributed by atoms with van der Waals surface area (Å²) in [6, 6.07) is 17.0. The van der Waals surface area contributed by atoms with E-state index in [0.29, 0.717) is 11.3 Å². The first-order chi connectivity index (χ1) is 10.6. The van der Waals surface area contributed by atoms with Crippen LogP contribution in [-0.4, -0.2) is 18.9 Å². The largest absolute Gasteiger partial charge is 0.426 e. The summed E-state index contributed by atoms with van der Waals surface area (Å²) in [7, 11) is 1.55. The molecule has 0 saturated carbocycles. The molecule has 108 valence electrons. The second kappa shape index (κ2) is 5.01. The number of rotatable bonds is 2. The van der Waals surface area contributed by atoms with E-state index in [2.05, 4.69) is 0 Å². The Morgan fingerprint density at radius 1 is 1.14 bits per heavy atom. The van der Waals surface area contributed by atoms with Crippen LogP contribution in [0.3, 0.4) is 0 Å². The molecule has 1 aliphatic rings. The maximum Gasteiger partial charge on any atom is 0.340 e. The number of nitrogens with zero attached hydrogens (tertiary/aromatic N) is 2. The van der Waals surface area contributed by atoms with Gasteiger partial charge in [-0.15, -0.1) is 0 Å². The molecule has 1 unspecified atom stereocenters. The normalized spacial score (nSPS) is 19.5. The van der Waals surface area contributed by atoms with Gasteiger partial charge >= 0.3 is 11.6 Å². The van der Waals surface area contributed by atoms with Crippen molar-refractivity contribution in [2.45, 2.75) is 5.60 Å². The van der Waals surface area contributed by atoms with E-state index < -0.39 is 17.5 Å². The van der Waals surface area contributed by atoms with Gasteiger partial charge in [-0.25, -0.2) is 4.79 Å². The third kappa shape index (κ3) is 1.85. The number of anilines is 1. The minimum atomic E-state index is -1.93. The van der Waals surface area contributed by atoms with Gasteiger partial charge in [-0.3, -0.25) is 4.79 Å². The molecular formula is C17H12N2O3. The zero-order chi connectivity index (χ0) is 15.7. The molecule has 0 bridgehead atoms. The lowest BCUT2D eigenvalue weighted by Crippen LogP contribution is -2.41. The molecule has 0 N–H and O–H groups in total. The van der Waals surface area contributed by atoms with E-state index in [1.807, 2.05) is 6.07 Å². The van der Waals surface area contributed by atoms with Crippen LogP contribution in [0, 0.1) is 11.3 Å². The molecule has 3 rings (SSSR count). The molecule has 5 nitrogen and oxygen atoms in total. The summed E-state index contributed by atoms with van der Waals surface area (Å²) >= 11 is 0. The summed E-state index contributed by atoms with van der Waals surface area (Å²) < 4.78 is 5.35. The van der Waals surface area contributed by atoms with Crippen LogP contribution < -0.4 is 4.90 Å². The molecule has 0 aromatic heterocycles. The number of amides is 1. The van der Waals surface area contributed by atoms with Crippen molar-refractivity contribution in [3.63, 3.8) is 0 Å². The number of para-hydroxylation sites is 1. The topological polar surface area (TPSA) is 70.4 Å². The van der Waals surface area contributed by atoms with Crippen LogP contribution in [0.2, 0.25) is 0 Å². The van der Waals surface area contributed by atoms with Crippen LogP contribution in [0.4, 0.5) is 5.69 Å². The van der Waals surface area contributed by atoms with E-state index in [0.717, 1.165) is 0 Å². The maximum absolute atomic E-state index is 12.5. The third-order valence-electron chi connectivity index (χ3n) is 3.66. The highest BCUT2D eigenvalue weighted by Gasteiger charge is 2.54. The fraction of sp³-hybridized carbons (Fsp3) is 0.118. The molecule has 1 atom stereocenters. The predicted molar refractivity (Wildman–Crippen MR) is 79.0 cm³/mol. The van der Waals surface area contributed by atoms with Gasteiger partial charge in [-0.05, 0) is 18.2 Å². The number of carbonyl (C=O) groups is 2. The van der Waals surface area contributed by atoms with E-state index in [4.69, 9.17) is 4.74 Å². The molecular weight excluding hydrogens is 280 g/mol. The second-order valence-electron chi connectivity index (χ2n) is 4.93. The SMILES string of the molecule is CN1C(=O)C(C#N)(OC(=O)c2ccccc2)c2ccccc21.